The van der Waals surface area contributed by atoms with Crippen molar-refractivity contribution in [2.75, 3.05) is 24.5 Å². The van der Waals surface area contributed by atoms with Crippen LogP contribution in [0.3, 0.4) is 0 Å². The molecule has 3 aromatic heterocycles. The molecular weight excluding hydrogens is 450 g/mol. The van der Waals surface area contributed by atoms with Gasteiger partial charge in [-0.1, -0.05) is 0 Å². The van der Waals surface area contributed by atoms with Crippen LogP contribution >= 0.6 is 11.8 Å². The second-order valence-corrected chi connectivity index (χ2v) is 9.54. The zero-order chi connectivity index (χ0) is 23.3. The van der Waals surface area contributed by atoms with Gasteiger partial charge in [0.15, 0.2) is 5.78 Å². The molecule has 2 fully saturated rings. The third kappa shape index (κ3) is 5.43. The molecule has 0 aromatic carbocycles. The number of Topliss-reactive ketones (excluding diaryl/α,β-unsaturated/α-hetero) is 1. The number of piperidine rings is 1. The number of hydrogen-bond acceptors (Lipinski definition) is 9. The average molecular weight is 476 g/mol. The zero-order valence-corrected chi connectivity index (χ0v) is 19.5. The van der Waals surface area contributed by atoms with Crippen molar-refractivity contribution in [3.63, 3.8) is 0 Å². The van der Waals surface area contributed by atoms with Crippen LogP contribution in [0, 0.1) is 5.92 Å². The lowest BCUT2D eigenvalue weighted by Crippen LogP contribution is -2.38. The molecule has 0 bridgehead atoms. The summed E-state index contributed by atoms with van der Waals surface area (Å²) in [4.78, 5) is 39.5. The number of carbonyl (C=O) groups is 2. The number of hydrogen-bond donors (Lipinski definition) is 1. The predicted molar refractivity (Wildman–Crippen MR) is 131 cm³/mol. The number of furan rings is 1. The molecule has 2 aliphatic rings. The minimum Gasteiger partial charge on any atom is -0.464 e. The number of carbonyl (C=O) groups excluding carboxylic acids is 2. The normalized spacial score (nSPS) is 18.2. The molecule has 0 radical (unpaired) electrons. The maximum absolute atomic E-state index is 11.9. The SMILES string of the molecule is O=C1CC(=O)/C(=C/c2ccnc(N3CCC(CNCc4ccc(-c5ccco5)cn4)CC3)n2)S1. The molecule has 8 nitrogen and oxygen atoms in total. The van der Waals surface area contributed by atoms with Gasteiger partial charge in [0.1, 0.15) is 5.76 Å². The van der Waals surface area contributed by atoms with E-state index in [0.717, 1.165) is 67.8 Å². The van der Waals surface area contributed by atoms with Gasteiger partial charge in [-0.05, 0) is 73.5 Å². The summed E-state index contributed by atoms with van der Waals surface area (Å²) >= 11 is 0.999. The fourth-order valence-corrected chi connectivity index (χ4v) is 4.95. The van der Waals surface area contributed by atoms with Gasteiger partial charge in [0.2, 0.25) is 11.1 Å². The van der Waals surface area contributed by atoms with Gasteiger partial charge in [-0.25, -0.2) is 9.97 Å². The van der Waals surface area contributed by atoms with Gasteiger partial charge in [0.05, 0.1) is 29.0 Å². The van der Waals surface area contributed by atoms with E-state index in [0.29, 0.717) is 22.5 Å². The van der Waals surface area contributed by atoms with Crippen molar-refractivity contribution in [3.8, 4) is 11.3 Å². The van der Waals surface area contributed by atoms with Crippen LogP contribution in [0.25, 0.3) is 17.4 Å². The number of ketones is 1. The second kappa shape index (κ2) is 10.3. The first-order valence-corrected chi connectivity index (χ1v) is 12.2. The Morgan fingerprint density at radius 2 is 2.03 bits per heavy atom. The first kappa shape index (κ1) is 22.5. The molecule has 1 N–H and O–H groups in total. The lowest BCUT2D eigenvalue weighted by molar-refractivity contribution is -0.119. The molecule has 9 heteroatoms. The molecule has 0 saturated carbocycles. The molecule has 2 saturated heterocycles. The number of rotatable bonds is 7. The second-order valence-electron chi connectivity index (χ2n) is 8.44. The summed E-state index contributed by atoms with van der Waals surface area (Å²) < 4.78 is 5.41. The number of anilines is 1. The summed E-state index contributed by atoms with van der Waals surface area (Å²) in [5.74, 6) is 1.95. The first-order valence-electron chi connectivity index (χ1n) is 11.4. The number of aromatic nitrogens is 3. The standard InChI is InChI=1S/C25H25N5O3S/c31-21-13-24(32)34-23(21)12-19-5-8-27-25(29-19)30-9-6-17(7-10-30)14-26-16-20-4-3-18(15-28-20)22-2-1-11-33-22/h1-5,8,11-12,15,17,26H,6-7,9-10,13-14,16H2/b23-12-. The molecule has 174 valence electrons. The summed E-state index contributed by atoms with van der Waals surface area (Å²) in [5.41, 5.74) is 2.64. The molecule has 34 heavy (non-hydrogen) atoms. The number of thioether (sulfide) groups is 1. The van der Waals surface area contributed by atoms with E-state index in [1.165, 1.54) is 0 Å². The van der Waals surface area contributed by atoms with Crippen LogP contribution in [-0.4, -0.2) is 45.5 Å². The molecule has 2 aliphatic heterocycles. The summed E-state index contributed by atoms with van der Waals surface area (Å²) in [6.45, 7) is 3.44. The highest BCUT2D eigenvalue weighted by atomic mass is 32.2. The third-order valence-corrected chi connectivity index (χ3v) is 6.95. The van der Waals surface area contributed by atoms with Crippen LogP contribution in [0.1, 0.15) is 30.7 Å². The Labute approximate surface area is 201 Å². The Morgan fingerprint density at radius 1 is 1.15 bits per heavy atom. The number of allylic oxidation sites excluding steroid dienone is 1. The Balaban J connectivity index is 1.09. The first-order chi connectivity index (χ1) is 16.6. The van der Waals surface area contributed by atoms with Crippen molar-refractivity contribution in [1.29, 1.82) is 0 Å². The highest BCUT2D eigenvalue weighted by molar-refractivity contribution is 8.18. The Hall–Kier alpha value is -3.30. The fourth-order valence-electron chi connectivity index (χ4n) is 4.13. The average Bonchev–Trinajstić information content (AvgIpc) is 3.50. The molecule has 0 spiro atoms. The molecule has 3 aromatic rings. The molecule has 0 unspecified atom stereocenters. The van der Waals surface area contributed by atoms with E-state index < -0.39 is 0 Å². The maximum atomic E-state index is 11.9. The van der Waals surface area contributed by atoms with Gasteiger partial charge < -0.3 is 14.6 Å². The molecule has 5 rings (SSSR count). The van der Waals surface area contributed by atoms with Crippen molar-refractivity contribution in [2.45, 2.75) is 25.8 Å². The third-order valence-electron chi connectivity index (χ3n) is 6.01. The van der Waals surface area contributed by atoms with Gasteiger partial charge in [0.25, 0.3) is 0 Å². The van der Waals surface area contributed by atoms with Crippen molar-refractivity contribution in [2.24, 2.45) is 5.92 Å². The summed E-state index contributed by atoms with van der Waals surface area (Å²) in [5, 5.41) is 3.42. The smallest absolute Gasteiger partial charge is 0.225 e. The topological polar surface area (TPSA) is 101 Å². The molecular formula is C25H25N5O3S. The summed E-state index contributed by atoms with van der Waals surface area (Å²) in [6.07, 6.45) is 8.98. The summed E-state index contributed by atoms with van der Waals surface area (Å²) in [6, 6.07) is 9.62. The molecule has 0 amide bonds. The summed E-state index contributed by atoms with van der Waals surface area (Å²) in [7, 11) is 0. The minimum atomic E-state index is -0.132. The predicted octanol–water partition coefficient (Wildman–Crippen LogP) is 3.71. The van der Waals surface area contributed by atoms with Crippen LogP contribution in [-0.2, 0) is 16.1 Å². The van der Waals surface area contributed by atoms with E-state index >= 15 is 0 Å². The van der Waals surface area contributed by atoms with E-state index in [-0.39, 0.29) is 17.3 Å². The van der Waals surface area contributed by atoms with E-state index in [9.17, 15) is 9.59 Å². The van der Waals surface area contributed by atoms with Crippen LogP contribution in [0.15, 0.2) is 58.3 Å². The lowest BCUT2D eigenvalue weighted by atomic mass is 9.97. The van der Waals surface area contributed by atoms with Gasteiger partial charge in [-0.3, -0.25) is 14.6 Å². The van der Waals surface area contributed by atoms with E-state index in [1.54, 1.807) is 24.6 Å². The Bertz CT molecular complexity index is 1190. The maximum Gasteiger partial charge on any atom is 0.225 e. The van der Waals surface area contributed by atoms with Crippen molar-refractivity contribution in [3.05, 3.63) is 65.3 Å². The fraction of sp³-hybridized carbons (Fsp3) is 0.320. The Morgan fingerprint density at radius 3 is 2.74 bits per heavy atom. The molecule has 5 heterocycles. The Kier molecular flexibility index (Phi) is 6.82. The zero-order valence-electron chi connectivity index (χ0n) is 18.6. The lowest BCUT2D eigenvalue weighted by Gasteiger charge is -2.32. The largest absolute Gasteiger partial charge is 0.464 e. The van der Waals surface area contributed by atoms with E-state index in [2.05, 4.69) is 25.2 Å². The van der Waals surface area contributed by atoms with Crippen molar-refractivity contribution in [1.82, 2.24) is 20.3 Å². The van der Waals surface area contributed by atoms with Crippen molar-refractivity contribution >= 4 is 34.7 Å². The van der Waals surface area contributed by atoms with Crippen LogP contribution in [0.5, 0.6) is 0 Å². The van der Waals surface area contributed by atoms with Gasteiger partial charge in [0, 0.05) is 37.6 Å². The van der Waals surface area contributed by atoms with Gasteiger partial charge in [-0.15, -0.1) is 0 Å². The van der Waals surface area contributed by atoms with E-state index in [1.807, 2.05) is 30.5 Å². The van der Waals surface area contributed by atoms with Crippen LogP contribution in [0.4, 0.5) is 5.95 Å². The number of pyridine rings is 1. The van der Waals surface area contributed by atoms with E-state index in [4.69, 9.17) is 4.42 Å². The highest BCUT2D eigenvalue weighted by Crippen LogP contribution is 2.30. The molecule has 0 aliphatic carbocycles. The highest BCUT2D eigenvalue weighted by Gasteiger charge is 2.26. The van der Waals surface area contributed by atoms with Gasteiger partial charge >= 0.3 is 0 Å². The van der Waals surface area contributed by atoms with Crippen LogP contribution in [0.2, 0.25) is 0 Å². The molecule has 0 atom stereocenters. The van der Waals surface area contributed by atoms with Crippen molar-refractivity contribution < 1.29 is 14.0 Å². The number of nitrogens with one attached hydrogen (secondary N) is 1. The minimum absolute atomic E-state index is 0.0255. The quantitative estimate of drug-likeness (QED) is 0.405. The van der Waals surface area contributed by atoms with Crippen LogP contribution < -0.4 is 10.2 Å². The monoisotopic (exact) mass is 475 g/mol. The van der Waals surface area contributed by atoms with Gasteiger partial charge in [-0.2, -0.15) is 0 Å². The number of nitrogens with zero attached hydrogens (tertiary/aromatic N) is 4.